The largest absolute Gasteiger partial charge is 0.384 e. The molecule has 9 heteroatoms. The average molecular weight is 446 g/mol. The van der Waals surface area contributed by atoms with Crippen molar-refractivity contribution >= 4 is 42.5 Å². The zero-order chi connectivity index (χ0) is 20.2. The summed E-state index contributed by atoms with van der Waals surface area (Å²) >= 11 is 0. The zero-order valence-electron chi connectivity index (χ0n) is 17.2. The van der Waals surface area contributed by atoms with Gasteiger partial charge < -0.3 is 21.7 Å². The summed E-state index contributed by atoms with van der Waals surface area (Å²) in [4.78, 5) is 26.9. The number of hydrogen-bond donors (Lipinski definition) is 4. The summed E-state index contributed by atoms with van der Waals surface area (Å²) in [5.41, 5.74) is 13.1. The number of nitrogens with one attached hydrogen (secondary N) is 2. The molecule has 29 heavy (non-hydrogen) atoms. The number of halogens is 2. The van der Waals surface area contributed by atoms with Gasteiger partial charge in [0.15, 0.2) is 0 Å². The van der Waals surface area contributed by atoms with E-state index in [0.717, 1.165) is 12.0 Å². The first-order chi connectivity index (χ1) is 12.6. The van der Waals surface area contributed by atoms with Crippen molar-refractivity contribution in [1.82, 2.24) is 10.2 Å². The molecule has 2 atom stereocenters. The number of nitrogens with zero attached hydrogens (tertiary/aromatic N) is 1. The molecule has 2 rings (SSSR count). The van der Waals surface area contributed by atoms with Crippen LogP contribution in [0.1, 0.15) is 51.2 Å². The van der Waals surface area contributed by atoms with Gasteiger partial charge in [-0.15, -0.1) is 24.8 Å². The predicted octanol–water partition coefficient (Wildman–Crippen LogP) is 2.18. The number of benzene rings is 1. The monoisotopic (exact) mass is 445 g/mol. The molecule has 1 aromatic rings. The van der Waals surface area contributed by atoms with Gasteiger partial charge in [0, 0.05) is 18.7 Å². The fourth-order valence-electron chi connectivity index (χ4n) is 3.37. The second-order valence-corrected chi connectivity index (χ2v) is 8.39. The highest BCUT2D eigenvalue weighted by Crippen LogP contribution is 2.24. The number of likely N-dealkylation sites (tertiary alicyclic amines) is 1. The van der Waals surface area contributed by atoms with Crippen LogP contribution in [0.3, 0.4) is 0 Å². The van der Waals surface area contributed by atoms with Crippen molar-refractivity contribution in [2.24, 2.45) is 16.9 Å². The van der Waals surface area contributed by atoms with Crippen LogP contribution >= 0.6 is 24.8 Å². The second-order valence-electron chi connectivity index (χ2n) is 8.39. The number of nitrogen functional groups attached to an aromatic ring is 1. The van der Waals surface area contributed by atoms with Gasteiger partial charge in [-0.05, 0) is 30.2 Å². The first-order valence-corrected chi connectivity index (χ1v) is 9.35. The lowest BCUT2D eigenvalue weighted by molar-refractivity contribution is -0.139. The Kier molecular flexibility index (Phi) is 10.7. The minimum absolute atomic E-state index is 0. The molecule has 0 aromatic heterocycles. The molecule has 0 aliphatic carbocycles. The van der Waals surface area contributed by atoms with Crippen LogP contribution in [0.4, 0.5) is 0 Å². The van der Waals surface area contributed by atoms with E-state index in [1.165, 1.54) is 0 Å². The van der Waals surface area contributed by atoms with Crippen LogP contribution in [-0.2, 0) is 16.1 Å². The Balaban J connectivity index is 0.00000392. The Bertz CT molecular complexity index is 704. The zero-order valence-corrected chi connectivity index (χ0v) is 18.9. The molecule has 1 saturated heterocycles. The molecule has 1 aromatic carbocycles. The van der Waals surface area contributed by atoms with Gasteiger partial charge in [-0.2, -0.15) is 0 Å². The van der Waals surface area contributed by atoms with Gasteiger partial charge in [-0.3, -0.25) is 15.0 Å². The molecular weight excluding hydrogens is 413 g/mol. The van der Waals surface area contributed by atoms with Gasteiger partial charge in [-0.25, -0.2) is 0 Å². The fraction of sp³-hybridized carbons (Fsp3) is 0.550. The van der Waals surface area contributed by atoms with Gasteiger partial charge >= 0.3 is 0 Å². The molecule has 164 valence electrons. The third kappa shape index (κ3) is 7.84. The maximum absolute atomic E-state index is 12.7. The quantitative estimate of drug-likeness (QED) is 0.395. The Morgan fingerprint density at radius 2 is 1.83 bits per heavy atom. The van der Waals surface area contributed by atoms with E-state index in [9.17, 15) is 9.59 Å². The van der Waals surface area contributed by atoms with Crippen LogP contribution in [0.5, 0.6) is 0 Å². The summed E-state index contributed by atoms with van der Waals surface area (Å²) in [7, 11) is 0. The van der Waals surface area contributed by atoms with Crippen molar-refractivity contribution in [2.75, 3.05) is 6.54 Å². The van der Waals surface area contributed by atoms with Crippen LogP contribution in [0.25, 0.3) is 0 Å². The van der Waals surface area contributed by atoms with Crippen LogP contribution in [0, 0.1) is 10.8 Å². The lowest BCUT2D eigenvalue weighted by Crippen LogP contribution is -2.51. The first-order valence-electron chi connectivity index (χ1n) is 9.35. The van der Waals surface area contributed by atoms with Crippen molar-refractivity contribution in [3.05, 3.63) is 35.4 Å². The molecule has 1 aliphatic heterocycles. The molecule has 1 fully saturated rings. The molecule has 0 spiro atoms. The fourth-order valence-corrected chi connectivity index (χ4v) is 3.37. The van der Waals surface area contributed by atoms with E-state index in [1.807, 2.05) is 32.9 Å². The molecule has 0 unspecified atom stereocenters. The van der Waals surface area contributed by atoms with Crippen molar-refractivity contribution in [1.29, 1.82) is 5.41 Å². The van der Waals surface area contributed by atoms with E-state index in [-0.39, 0.29) is 47.9 Å². The normalized spacial score (nSPS) is 17.0. The SMILES string of the molecule is CC(C)(C)C[C@@H](N)C(=O)N1CCC[C@H]1C(=O)NCc1ccc(C(=N)N)cc1.Cl.Cl. The van der Waals surface area contributed by atoms with E-state index in [1.54, 1.807) is 17.0 Å². The summed E-state index contributed by atoms with van der Waals surface area (Å²) < 4.78 is 0. The highest BCUT2D eigenvalue weighted by molar-refractivity contribution is 5.95. The summed E-state index contributed by atoms with van der Waals surface area (Å²) in [6.07, 6.45) is 2.04. The maximum atomic E-state index is 12.7. The second kappa shape index (κ2) is 11.4. The van der Waals surface area contributed by atoms with Crippen molar-refractivity contribution in [3.8, 4) is 0 Å². The lowest BCUT2D eigenvalue weighted by Gasteiger charge is -2.29. The Hall–Kier alpha value is -1.83. The van der Waals surface area contributed by atoms with Gasteiger partial charge in [0.2, 0.25) is 11.8 Å². The molecule has 0 radical (unpaired) electrons. The summed E-state index contributed by atoms with van der Waals surface area (Å²) in [6, 6.07) is 6.11. The van der Waals surface area contributed by atoms with E-state index in [2.05, 4.69) is 5.32 Å². The van der Waals surface area contributed by atoms with E-state index < -0.39 is 12.1 Å². The molecule has 7 nitrogen and oxygen atoms in total. The van der Waals surface area contributed by atoms with Gasteiger partial charge in [-0.1, -0.05) is 45.0 Å². The highest BCUT2D eigenvalue weighted by atomic mass is 35.5. The molecule has 1 aliphatic rings. The minimum Gasteiger partial charge on any atom is -0.384 e. The predicted molar refractivity (Wildman–Crippen MR) is 121 cm³/mol. The molecular formula is C20H33Cl2N5O2. The van der Waals surface area contributed by atoms with Crippen LogP contribution < -0.4 is 16.8 Å². The molecule has 0 saturated carbocycles. The van der Waals surface area contributed by atoms with Gasteiger partial charge in [0.25, 0.3) is 0 Å². The number of rotatable bonds is 6. The molecule has 2 amide bonds. The number of amides is 2. The highest BCUT2D eigenvalue weighted by Gasteiger charge is 2.36. The minimum atomic E-state index is -0.586. The van der Waals surface area contributed by atoms with Gasteiger partial charge in [0.1, 0.15) is 11.9 Å². The Morgan fingerprint density at radius 1 is 1.24 bits per heavy atom. The number of hydrogen-bond acceptors (Lipinski definition) is 4. The third-order valence-corrected chi connectivity index (χ3v) is 4.72. The number of nitrogens with two attached hydrogens (primary N) is 2. The van der Waals surface area contributed by atoms with Crippen LogP contribution in [-0.4, -0.2) is 41.2 Å². The first kappa shape index (κ1) is 27.2. The molecule has 0 bridgehead atoms. The standard InChI is InChI=1S/C20H31N5O2.2ClH/c1-20(2,3)11-15(21)19(27)25-10-4-5-16(25)18(26)24-12-13-6-8-14(9-7-13)17(22)23;;/h6-9,15-16H,4-5,10-12,21H2,1-3H3,(H3,22,23)(H,24,26);2*1H/t15-,16+;;/m1../s1. The van der Waals surface area contributed by atoms with E-state index in [4.69, 9.17) is 16.9 Å². The lowest BCUT2D eigenvalue weighted by atomic mass is 9.88. The topological polar surface area (TPSA) is 125 Å². The summed E-state index contributed by atoms with van der Waals surface area (Å²) in [6.45, 7) is 7.08. The van der Waals surface area contributed by atoms with Crippen molar-refractivity contribution in [2.45, 2.75) is 58.7 Å². The molecule has 1 heterocycles. The smallest absolute Gasteiger partial charge is 0.243 e. The Morgan fingerprint density at radius 3 is 2.34 bits per heavy atom. The number of carbonyl (C=O) groups is 2. The summed E-state index contributed by atoms with van der Waals surface area (Å²) in [5.74, 6) is -0.287. The third-order valence-electron chi connectivity index (χ3n) is 4.72. The maximum Gasteiger partial charge on any atom is 0.243 e. The molecule has 6 N–H and O–H groups in total. The Labute approximate surface area is 185 Å². The number of amidine groups is 1. The average Bonchev–Trinajstić information content (AvgIpc) is 3.07. The van der Waals surface area contributed by atoms with Crippen LogP contribution in [0.15, 0.2) is 24.3 Å². The van der Waals surface area contributed by atoms with Crippen molar-refractivity contribution < 1.29 is 9.59 Å². The summed E-state index contributed by atoms with van der Waals surface area (Å²) in [5, 5.41) is 10.3. The van der Waals surface area contributed by atoms with E-state index >= 15 is 0 Å². The number of carbonyl (C=O) groups excluding carboxylic acids is 2. The van der Waals surface area contributed by atoms with Gasteiger partial charge in [0.05, 0.1) is 6.04 Å². The van der Waals surface area contributed by atoms with E-state index in [0.29, 0.717) is 31.5 Å². The van der Waals surface area contributed by atoms with Crippen LogP contribution in [0.2, 0.25) is 0 Å². The van der Waals surface area contributed by atoms with Crippen molar-refractivity contribution in [3.63, 3.8) is 0 Å².